The third-order valence-electron chi connectivity index (χ3n) is 2.18. The molecule has 0 aliphatic carbocycles. The van der Waals surface area contributed by atoms with E-state index in [-0.39, 0.29) is 5.56 Å². The molecule has 1 rings (SSSR count). The van der Waals surface area contributed by atoms with Gasteiger partial charge in [-0.1, -0.05) is 30.3 Å². The van der Waals surface area contributed by atoms with Crippen molar-refractivity contribution >= 4 is 0 Å². The van der Waals surface area contributed by atoms with E-state index in [0.29, 0.717) is 0 Å². The van der Waals surface area contributed by atoms with Gasteiger partial charge >= 0.3 is 0 Å². The molecule has 0 fully saturated rings. The molecular formula is C10H11F3O. The minimum absolute atomic E-state index is 0.153. The number of methoxy groups -OCH3 is 1. The molecule has 0 radical (unpaired) electrons. The van der Waals surface area contributed by atoms with Crippen LogP contribution in [0.3, 0.4) is 0 Å². The van der Waals surface area contributed by atoms with Gasteiger partial charge in [-0.3, -0.25) is 0 Å². The van der Waals surface area contributed by atoms with E-state index >= 15 is 0 Å². The zero-order valence-electron chi connectivity index (χ0n) is 7.71. The van der Waals surface area contributed by atoms with E-state index in [1.54, 1.807) is 18.2 Å². The van der Waals surface area contributed by atoms with Crippen LogP contribution in [0, 0.1) is 0 Å². The van der Waals surface area contributed by atoms with E-state index in [0.717, 1.165) is 7.11 Å². The van der Waals surface area contributed by atoms with Crippen LogP contribution in [0.2, 0.25) is 0 Å². The highest BCUT2D eigenvalue weighted by Crippen LogP contribution is 2.32. The Hall–Kier alpha value is -1.03. The molecule has 1 unspecified atom stereocenters. The van der Waals surface area contributed by atoms with Crippen LogP contribution >= 0.6 is 0 Å². The summed E-state index contributed by atoms with van der Waals surface area (Å²) in [7, 11) is 1.08. The monoisotopic (exact) mass is 204 g/mol. The van der Waals surface area contributed by atoms with Crippen molar-refractivity contribution in [3.63, 3.8) is 0 Å². The molecule has 1 aromatic rings. The van der Waals surface area contributed by atoms with Gasteiger partial charge in [-0.2, -0.15) is 0 Å². The molecule has 0 aliphatic rings. The Bertz CT molecular complexity index is 270. The topological polar surface area (TPSA) is 9.23 Å². The number of halogens is 3. The standard InChI is InChI=1S/C10H11F3O/c1-14-10(7-11,9(12)13)8-5-3-2-4-6-8/h2-6,9H,7H2,1H3. The number of hydrogen-bond acceptors (Lipinski definition) is 1. The first-order valence-corrected chi connectivity index (χ1v) is 4.12. The van der Waals surface area contributed by atoms with Crippen LogP contribution in [0.15, 0.2) is 30.3 Å². The molecule has 0 spiro atoms. The van der Waals surface area contributed by atoms with Crippen LogP contribution in [0.25, 0.3) is 0 Å². The van der Waals surface area contributed by atoms with Crippen LogP contribution in [-0.4, -0.2) is 20.2 Å². The van der Waals surface area contributed by atoms with Crippen molar-refractivity contribution in [2.24, 2.45) is 0 Å². The van der Waals surface area contributed by atoms with Crippen molar-refractivity contribution in [1.29, 1.82) is 0 Å². The van der Waals surface area contributed by atoms with E-state index in [1.165, 1.54) is 12.1 Å². The summed E-state index contributed by atoms with van der Waals surface area (Å²) in [6, 6.07) is 7.67. The lowest BCUT2D eigenvalue weighted by Crippen LogP contribution is -2.38. The first kappa shape index (κ1) is 11.0. The fraction of sp³-hybridized carbons (Fsp3) is 0.400. The second-order valence-corrected chi connectivity index (χ2v) is 2.89. The van der Waals surface area contributed by atoms with Crippen molar-refractivity contribution < 1.29 is 17.9 Å². The molecule has 0 saturated heterocycles. The summed E-state index contributed by atoms with van der Waals surface area (Å²) in [6.45, 7) is -1.24. The van der Waals surface area contributed by atoms with Crippen molar-refractivity contribution in [2.45, 2.75) is 12.0 Å². The average Bonchev–Trinajstić information content (AvgIpc) is 2.22. The van der Waals surface area contributed by atoms with E-state index < -0.39 is 18.7 Å². The zero-order chi connectivity index (χ0) is 10.6. The van der Waals surface area contributed by atoms with Crippen LogP contribution in [-0.2, 0) is 10.3 Å². The van der Waals surface area contributed by atoms with Gasteiger partial charge in [-0.25, -0.2) is 13.2 Å². The summed E-state index contributed by atoms with van der Waals surface area (Å²) >= 11 is 0. The normalized spacial score (nSPS) is 15.5. The van der Waals surface area contributed by atoms with Crippen molar-refractivity contribution in [1.82, 2.24) is 0 Å². The van der Waals surface area contributed by atoms with Gasteiger partial charge in [0.15, 0.2) is 5.60 Å². The lowest BCUT2D eigenvalue weighted by Gasteiger charge is -2.28. The zero-order valence-corrected chi connectivity index (χ0v) is 7.71. The first-order valence-electron chi connectivity index (χ1n) is 4.12. The largest absolute Gasteiger partial charge is 0.365 e. The maximum atomic E-state index is 12.7. The van der Waals surface area contributed by atoms with E-state index in [9.17, 15) is 13.2 Å². The number of benzene rings is 1. The van der Waals surface area contributed by atoms with E-state index in [2.05, 4.69) is 4.74 Å². The highest BCUT2D eigenvalue weighted by atomic mass is 19.3. The third kappa shape index (κ3) is 1.75. The van der Waals surface area contributed by atoms with E-state index in [1.807, 2.05) is 0 Å². The van der Waals surface area contributed by atoms with E-state index in [4.69, 9.17) is 0 Å². The molecular weight excluding hydrogens is 193 g/mol. The molecule has 0 aliphatic heterocycles. The Labute approximate surface area is 80.5 Å². The maximum absolute atomic E-state index is 12.7. The second kappa shape index (κ2) is 4.46. The smallest absolute Gasteiger partial charge is 0.273 e. The molecule has 0 heterocycles. The molecule has 0 saturated carbocycles. The van der Waals surface area contributed by atoms with Gasteiger partial charge in [-0.15, -0.1) is 0 Å². The molecule has 78 valence electrons. The van der Waals surface area contributed by atoms with Crippen LogP contribution < -0.4 is 0 Å². The summed E-state index contributed by atoms with van der Waals surface area (Å²) in [5.74, 6) is 0. The highest BCUT2D eigenvalue weighted by molar-refractivity contribution is 5.23. The average molecular weight is 204 g/mol. The summed E-state index contributed by atoms with van der Waals surface area (Å²) in [6.07, 6.45) is -2.89. The van der Waals surface area contributed by atoms with Crippen molar-refractivity contribution in [3.8, 4) is 0 Å². The molecule has 1 nitrogen and oxygen atoms in total. The Morgan fingerprint density at radius 1 is 1.29 bits per heavy atom. The van der Waals surface area contributed by atoms with Gasteiger partial charge in [0.25, 0.3) is 6.43 Å². The number of rotatable bonds is 4. The number of alkyl halides is 3. The number of ether oxygens (including phenoxy) is 1. The Kier molecular flexibility index (Phi) is 3.52. The van der Waals surface area contributed by atoms with Gasteiger partial charge in [0.05, 0.1) is 0 Å². The molecule has 1 atom stereocenters. The lowest BCUT2D eigenvalue weighted by atomic mass is 9.95. The predicted molar refractivity (Wildman–Crippen MR) is 47.1 cm³/mol. The minimum Gasteiger partial charge on any atom is -0.365 e. The molecule has 14 heavy (non-hydrogen) atoms. The quantitative estimate of drug-likeness (QED) is 0.732. The highest BCUT2D eigenvalue weighted by Gasteiger charge is 2.42. The molecule has 0 amide bonds. The maximum Gasteiger partial charge on any atom is 0.273 e. The van der Waals surface area contributed by atoms with Crippen molar-refractivity contribution in [3.05, 3.63) is 35.9 Å². The second-order valence-electron chi connectivity index (χ2n) is 2.89. The number of hydrogen-bond donors (Lipinski definition) is 0. The van der Waals surface area contributed by atoms with Gasteiger partial charge in [0.1, 0.15) is 6.67 Å². The molecule has 0 N–H and O–H groups in total. The Morgan fingerprint density at radius 2 is 1.86 bits per heavy atom. The summed E-state index contributed by atoms with van der Waals surface area (Å²) in [5, 5.41) is 0. The van der Waals surface area contributed by atoms with Gasteiger partial charge in [0.2, 0.25) is 0 Å². The first-order chi connectivity index (χ1) is 6.67. The molecule has 0 bridgehead atoms. The summed E-state index contributed by atoms with van der Waals surface area (Å²) in [4.78, 5) is 0. The van der Waals surface area contributed by atoms with Crippen LogP contribution in [0.1, 0.15) is 5.56 Å². The SMILES string of the molecule is COC(CF)(c1ccccc1)C(F)F. The van der Waals surface area contributed by atoms with Gasteiger partial charge in [0, 0.05) is 7.11 Å². The van der Waals surface area contributed by atoms with Crippen LogP contribution in [0.4, 0.5) is 13.2 Å². The molecule has 0 aromatic heterocycles. The molecule has 4 heteroatoms. The molecule has 1 aromatic carbocycles. The Balaban J connectivity index is 3.11. The summed E-state index contributed by atoms with van der Waals surface area (Å²) < 4.78 is 42.6. The van der Waals surface area contributed by atoms with Crippen LogP contribution in [0.5, 0.6) is 0 Å². The fourth-order valence-electron chi connectivity index (χ4n) is 1.24. The minimum atomic E-state index is -2.89. The predicted octanol–water partition coefficient (Wildman–Crippen LogP) is 2.76. The lowest BCUT2D eigenvalue weighted by molar-refractivity contribution is -0.138. The fourth-order valence-corrected chi connectivity index (χ4v) is 1.24. The summed E-state index contributed by atoms with van der Waals surface area (Å²) in [5.41, 5.74) is -1.97. The third-order valence-corrected chi connectivity index (χ3v) is 2.18. The Morgan fingerprint density at radius 3 is 2.21 bits per heavy atom. The van der Waals surface area contributed by atoms with Gasteiger partial charge < -0.3 is 4.74 Å². The van der Waals surface area contributed by atoms with Crippen molar-refractivity contribution in [2.75, 3.05) is 13.8 Å². The van der Waals surface area contributed by atoms with Gasteiger partial charge in [-0.05, 0) is 5.56 Å².